The number of hydrogen-bond donors (Lipinski definition) is 1. The van der Waals surface area contributed by atoms with Crippen molar-refractivity contribution in [1.82, 2.24) is 9.80 Å². The highest BCUT2D eigenvalue weighted by Crippen LogP contribution is 2.64. The maximum atomic E-state index is 15.1. The van der Waals surface area contributed by atoms with E-state index in [-0.39, 0.29) is 30.9 Å². The van der Waals surface area contributed by atoms with E-state index in [9.17, 15) is 14.7 Å². The number of anilines is 1. The molecular formula is C36H45N3O5. The van der Waals surface area contributed by atoms with Gasteiger partial charge in [0.25, 0.3) is 5.91 Å². The number of ether oxygens (including phenoxy) is 1. The van der Waals surface area contributed by atoms with Gasteiger partial charge in [-0.2, -0.15) is 0 Å². The quantitative estimate of drug-likeness (QED) is 0.356. The Morgan fingerprint density at radius 2 is 1.80 bits per heavy atom. The van der Waals surface area contributed by atoms with Crippen molar-refractivity contribution >= 4 is 23.4 Å². The van der Waals surface area contributed by atoms with E-state index in [4.69, 9.17) is 4.74 Å². The fourth-order valence-electron chi connectivity index (χ4n) is 7.89. The molecule has 0 aliphatic carbocycles. The predicted molar refractivity (Wildman–Crippen MR) is 171 cm³/mol. The predicted octanol–water partition coefficient (Wildman–Crippen LogP) is 4.75. The molecule has 8 nitrogen and oxygen atoms in total. The number of nitrogens with zero attached hydrogens (tertiary/aromatic N) is 3. The molecule has 2 aromatic rings. The van der Waals surface area contributed by atoms with E-state index in [1.807, 2.05) is 76.2 Å². The van der Waals surface area contributed by atoms with Gasteiger partial charge in [-0.25, -0.2) is 0 Å². The average Bonchev–Trinajstić information content (AvgIpc) is 3.58. The van der Waals surface area contributed by atoms with Crippen LogP contribution >= 0.6 is 0 Å². The van der Waals surface area contributed by atoms with Crippen molar-refractivity contribution in [2.24, 2.45) is 11.8 Å². The summed E-state index contributed by atoms with van der Waals surface area (Å²) in [7, 11) is 0. The first-order valence-electron chi connectivity index (χ1n) is 15.7. The molecule has 0 saturated carbocycles. The van der Waals surface area contributed by atoms with E-state index in [2.05, 4.69) is 13.2 Å². The van der Waals surface area contributed by atoms with E-state index in [0.29, 0.717) is 31.5 Å². The molecule has 3 heterocycles. The summed E-state index contributed by atoms with van der Waals surface area (Å²) in [6, 6.07) is 13.3. The maximum Gasteiger partial charge on any atom is 0.253 e. The first-order chi connectivity index (χ1) is 21.1. The van der Waals surface area contributed by atoms with E-state index in [0.717, 1.165) is 23.2 Å². The normalized spacial score (nSPS) is 27.6. The number of aliphatic hydroxyl groups is 1. The van der Waals surface area contributed by atoms with Crippen molar-refractivity contribution in [2.45, 2.75) is 70.2 Å². The molecule has 0 radical (unpaired) electrons. The van der Waals surface area contributed by atoms with Gasteiger partial charge in [-0.3, -0.25) is 14.4 Å². The van der Waals surface area contributed by atoms with E-state index in [1.165, 1.54) is 4.90 Å². The molecule has 44 heavy (non-hydrogen) atoms. The molecule has 2 unspecified atom stereocenters. The van der Waals surface area contributed by atoms with E-state index in [1.54, 1.807) is 22.0 Å². The fraction of sp³-hybridized carbons (Fsp3) is 0.472. The molecule has 234 valence electrons. The van der Waals surface area contributed by atoms with Crippen LogP contribution in [0.2, 0.25) is 0 Å². The molecule has 3 fully saturated rings. The molecule has 5 rings (SSSR count). The number of rotatable bonds is 12. The smallest absolute Gasteiger partial charge is 0.253 e. The number of likely N-dealkylation sites (tertiary alicyclic amines) is 1. The van der Waals surface area contributed by atoms with Crippen LogP contribution in [0.4, 0.5) is 5.69 Å². The third-order valence-electron chi connectivity index (χ3n) is 9.80. The van der Waals surface area contributed by atoms with Crippen molar-refractivity contribution in [1.29, 1.82) is 0 Å². The Bertz CT molecular complexity index is 1440. The van der Waals surface area contributed by atoms with Gasteiger partial charge < -0.3 is 24.5 Å². The largest absolute Gasteiger partial charge is 0.394 e. The fourth-order valence-corrected chi connectivity index (χ4v) is 7.89. The summed E-state index contributed by atoms with van der Waals surface area (Å²) in [5, 5.41) is 10.8. The van der Waals surface area contributed by atoms with Crippen LogP contribution in [0.25, 0.3) is 0 Å². The molecule has 3 saturated heterocycles. The zero-order chi connectivity index (χ0) is 31.8. The number of carbonyl (C=O) groups excluding carboxylic acids is 3. The Labute approximate surface area is 261 Å². The lowest BCUT2D eigenvalue weighted by molar-refractivity contribution is -0.152. The number of aliphatic hydroxyl groups excluding tert-OH is 1. The monoisotopic (exact) mass is 599 g/mol. The third kappa shape index (κ3) is 4.98. The van der Waals surface area contributed by atoms with Crippen molar-refractivity contribution in [3.05, 3.63) is 90.5 Å². The van der Waals surface area contributed by atoms with Crippen LogP contribution in [0.15, 0.2) is 73.8 Å². The summed E-state index contributed by atoms with van der Waals surface area (Å²) < 4.78 is 6.90. The first kappa shape index (κ1) is 31.7. The van der Waals surface area contributed by atoms with E-state index < -0.39 is 35.1 Å². The molecule has 6 atom stereocenters. The van der Waals surface area contributed by atoms with Crippen molar-refractivity contribution in [2.75, 3.05) is 31.1 Å². The summed E-state index contributed by atoms with van der Waals surface area (Å²) in [6.45, 7) is 16.3. The second-order valence-electron chi connectivity index (χ2n) is 12.7. The second-order valence-corrected chi connectivity index (χ2v) is 12.7. The van der Waals surface area contributed by atoms with Crippen LogP contribution in [0, 0.1) is 25.7 Å². The molecule has 3 aliphatic heterocycles. The third-order valence-corrected chi connectivity index (χ3v) is 9.80. The Kier molecular flexibility index (Phi) is 8.87. The van der Waals surface area contributed by atoms with Crippen LogP contribution < -0.4 is 4.90 Å². The van der Waals surface area contributed by atoms with Gasteiger partial charge in [-0.1, -0.05) is 61.5 Å². The maximum absolute atomic E-state index is 15.1. The highest BCUT2D eigenvalue weighted by atomic mass is 16.5. The molecule has 3 aliphatic rings. The molecule has 8 heteroatoms. The highest BCUT2D eigenvalue weighted by molar-refractivity contribution is 6.05. The minimum atomic E-state index is -1.23. The summed E-state index contributed by atoms with van der Waals surface area (Å²) in [5.41, 5.74) is 1.22. The second kappa shape index (κ2) is 12.3. The molecular weight excluding hydrogens is 554 g/mol. The van der Waals surface area contributed by atoms with Gasteiger partial charge in [0, 0.05) is 25.3 Å². The summed E-state index contributed by atoms with van der Waals surface area (Å²) in [5.74, 6) is -2.42. The van der Waals surface area contributed by atoms with Crippen LogP contribution in [0.5, 0.6) is 0 Å². The SMILES string of the molecule is C=CCN(CCC)C(=O)[C@H]1[C@H]2C(=O)N([C@H](CO)c3ccccc3)C(C(=O)N(CC=C)c3cc(C)ccc3C)C23CC[C@]1(C)O3. The summed E-state index contributed by atoms with van der Waals surface area (Å²) in [4.78, 5) is 49.2. The standard InChI is InChI=1S/C36H45N3O5/c1-7-19-37(20-8-2)32(41)29-30-33(42)39(28(23-40)26-13-11-10-12-14-26)31(36(30)18-17-35(29,6)44-36)34(43)38(21-9-3)27-22-24(4)15-16-25(27)5/h7,9-16,22,28-31,40H,1,3,8,17-21,23H2,2,4-6H3/t28-,29-,30+,31?,35+,36?/m1/s1. The number of aryl methyl sites for hydroxylation is 2. The Hall–Kier alpha value is -3.75. The minimum Gasteiger partial charge on any atom is -0.394 e. The topological polar surface area (TPSA) is 90.4 Å². The number of carbonyl (C=O) groups is 3. The first-order valence-corrected chi connectivity index (χ1v) is 15.7. The molecule has 2 bridgehead atoms. The zero-order valence-electron chi connectivity index (χ0n) is 26.4. The van der Waals surface area contributed by atoms with Gasteiger partial charge in [0.1, 0.15) is 11.6 Å². The number of benzene rings is 2. The van der Waals surface area contributed by atoms with Gasteiger partial charge in [0.05, 0.1) is 30.1 Å². The lowest BCUT2D eigenvalue weighted by atomic mass is 9.66. The highest BCUT2D eigenvalue weighted by Gasteiger charge is 2.79. The van der Waals surface area contributed by atoms with Crippen molar-refractivity contribution < 1.29 is 24.2 Å². The van der Waals surface area contributed by atoms with Crippen molar-refractivity contribution in [3.8, 4) is 0 Å². The Morgan fingerprint density at radius 3 is 2.43 bits per heavy atom. The van der Waals surface area contributed by atoms with E-state index >= 15 is 4.79 Å². The molecule has 0 aromatic heterocycles. The minimum absolute atomic E-state index is 0.153. The van der Waals surface area contributed by atoms with Crippen LogP contribution in [0.1, 0.15) is 55.8 Å². The van der Waals surface area contributed by atoms with Crippen LogP contribution in [0.3, 0.4) is 0 Å². The summed E-state index contributed by atoms with van der Waals surface area (Å²) >= 11 is 0. The Morgan fingerprint density at radius 1 is 1.09 bits per heavy atom. The van der Waals surface area contributed by atoms with Gasteiger partial charge in [-0.15, -0.1) is 13.2 Å². The van der Waals surface area contributed by atoms with Crippen LogP contribution in [-0.4, -0.2) is 76.1 Å². The number of fused-ring (bicyclic) bond motifs is 1. The molecule has 1 N–H and O–H groups in total. The summed E-state index contributed by atoms with van der Waals surface area (Å²) in [6.07, 6.45) is 5.12. The van der Waals surface area contributed by atoms with Crippen molar-refractivity contribution in [3.63, 3.8) is 0 Å². The van der Waals surface area contributed by atoms with Gasteiger partial charge in [0.15, 0.2) is 0 Å². The Balaban J connectivity index is 1.68. The molecule has 1 spiro atoms. The van der Waals surface area contributed by atoms with Gasteiger partial charge in [0.2, 0.25) is 11.8 Å². The molecule has 2 aromatic carbocycles. The van der Waals surface area contributed by atoms with Gasteiger partial charge >= 0.3 is 0 Å². The average molecular weight is 600 g/mol. The zero-order valence-corrected chi connectivity index (χ0v) is 26.4. The van der Waals surface area contributed by atoms with Gasteiger partial charge in [-0.05, 0) is 62.8 Å². The number of hydrogen-bond acceptors (Lipinski definition) is 5. The lowest BCUT2D eigenvalue weighted by Gasteiger charge is -2.40. The molecule has 3 amide bonds. The number of amides is 3. The van der Waals surface area contributed by atoms with Crippen LogP contribution in [-0.2, 0) is 19.1 Å². The lowest BCUT2D eigenvalue weighted by Crippen LogP contribution is -2.57.